The highest BCUT2D eigenvalue weighted by atomic mass is 16.1. The van der Waals surface area contributed by atoms with Gasteiger partial charge in [-0.1, -0.05) is 31.2 Å². The number of anilines is 1. The number of nitrogens with zero attached hydrogens (tertiary/aromatic N) is 1. The SMILES string of the molecule is CCc1ccc(C(=O)Cc2cnccc2N)cc1. The number of carbonyl (C=O) groups is 1. The number of rotatable bonds is 4. The molecule has 0 saturated heterocycles. The molecule has 0 aliphatic heterocycles. The van der Waals surface area contributed by atoms with Crippen LogP contribution in [0.25, 0.3) is 0 Å². The summed E-state index contributed by atoms with van der Waals surface area (Å²) in [5, 5.41) is 0. The molecule has 92 valence electrons. The van der Waals surface area contributed by atoms with Crippen molar-refractivity contribution >= 4 is 11.5 Å². The predicted octanol–water partition coefficient (Wildman–Crippen LogP) is 2.65. The van der Waals surface area contributed by atoms with Gasteiger partial charge >= 0.3 is 0 Å². The van der Waals surface area contributed by atoms with Gasteiger partial charge in [-0.25, -0.2) is 0 Å². The Labute approximate surface area is 107 Å². The first-order valence-electron chi connectivity index (χ1n) is 6.01. The van der Waals surface area contributed by atoms with Gasteiger partial charge in [0.05, 0.1) is 0 Å². The summed E-state index contributed by atoms with van der Waals surface area (Å²) in [5.74, 6) is 0.0670. The van der Waals surface area contributed by atoms with E-state index in [2.05, 4.69) is 11.9 Å². The number of carbonyl (C=O) groups excluding carboxylic acids is 1. The molecule has 0 fully saturated rings. The van der Waals surface area contributed by atoms with Crippen LogP contribution in [0.5, 0.6) is 0 Å². The Morgan fingerprint density at radius 1 is 1.22 bits per heavy atom. The van der Waals surface area contributed by atoms with Crippen molar-refractivity contribution in [2.75, 3.05) is 5.73 Å². The smallest absolute Gasteiger partial charge is 0.167 e. The maximum atomic E-state index is 12.1. The third-order valence-corrected chi connectivity index (χ3v) is 2.98. The molecule has 0 radical (unpaired) electrons. The normalized spacial score (nSPS) is 10.3. The number of hydrogen-bond donors (Lipinski definition) is 1. The first-order chi connectivity index (χ1) is 8.70. The lowest BCUT2D eigenvalue weighted by Crippen LogP contribution is -2.06. The minimum atomic E-state index is 0.0670. The Balaban J connectivity index is 2.14. The van der Waals surface area contributed by atoms with Gasteiger partial charge in [-0.2, -0.15) is 0 Å². The summed E-state index contributed by atoms with van der Waals surface area (Å²) in [6.07, 6.45) is 4.54. The number of nitrogens with two attached hydrogens (primary N) is 1. The molecule has 0 atom stereocenters. The second-order valence-corrected chi connectivity index (χ2v) is 4.22. The molecule has 0 spiro atoms. The Hall–Kier alpha value is -2.16. The summed E-state index contributed by atoms with van der Waals surface area (Å²) in [6, 6.07) is 9.42. The van der Waals surface area contributed by atoms with Crippen LogP contribution in [-0.2, 0) is 12.8 Å². The van der Waals surface area contributed by atoms with Crippen LogP contribution in [0, 0.1) is 0 Å². The molecule has 0 aliphatic rings. The Bertz CT molecular complexity index is 547. The quantitative estimate of drug-likeness (QED) is 0.836. The lowest BCUT2D eigenvalue weighted by atomic mass is 10.0. The average Bonchev–Trinajstić information content (AvgIpc) is 2.41. The zero-order valence-corrected chi connectivity index (χ0v) is 10.4. The maximum absolute atomic E-state index is 12.1. The van der Waals surface area contributed by atoms with Crippen molar-refractivity contribution in [1.29, 1.82) is 0 Å². The molecule has 0 saturated carbocycles. The molecule has 0 bridgehead atoms. The molecule has 2 N–H and O–H groups in total. The zero-order valence-electron chi connectivity index (χ0n) is 10.4. The highest BCUT2D eigenvalue weighted by Gasteiger charge is 2.09. The van der Waals surface area contributed by atoms with Crippen LogP contribution < -0.4 is 5.73 Å². The molecule has 1 aromatic carbocycles. The Morgan fingerprint density at radius 2 is 1.94 bits per heavy atom. The molecule has 0 aliphatic carbocycles. The van der Waals surface area contributed by atoms with Crippen molar-refractivity contribution in [3.05, 3.63) is 59.4 Å². The molecule has 0 unspecified atom stereocenters. The number of benzene rings is 1. The zero-order chi connectivity index (χ0) is 13.0. The molecule has 1 heterocycles. The van der Waals surface area contributed by atoms with Crippen molar-refractivity contribution in [3.8, 4) is 0 Å². The van der Waals surface area contributed by atoms with Gasteiger partial charge < -0.3 is 5.73 Å². The van der Waals surface area contributed by atoms with Crippen LogP contribution in [0.4, 0.5) is 5.69 Å². The largest absolute Gasteiger partial charge is 0.398 e. The lowest BCUT2D eigenvalue weighted by Gasteiger charge is -2.05. The molecule has 3 heteroatoms. The Morgan fingerprint density at radius 3 is 2.56 bits per heavy atom. The Kier molecular flexibility index (Phi) is 3.72. The van der Waals surface area contributed by atoms with Gasteiger partial charge in [0.15, 0.2) is 5.78 Å². The fourth-order valence-corrected chi connectivity index (χ4v) is 1.79. The van der Waals surface area contributed by atoms with E-state index in [9.17, 15) is 4.79 Å². The second kappa shape index (κ2) is 5.45. The molecule has 1 aromatic heterocycles. The number of pyridine rings is 1. The van der Waals surface area contributed by atoms with E-state index in [1.807, 2.05) is 24.3 Å². The first kappa shape index (κ1) is 12.3. The topological polar surface area (TPSA) is 56.0 Å². The monoisotopic (exact) mass is 240 g/mol. The number of aromatic nitrogens is 1. The van der Waals surface area contributed by atoms with E-state index in [1.165, 1.54) is 5.56 Å². The number of aryl methyl sites for hydroxylation is 1. The summed E-state index contributed by atoms with van der Waals surface area (Å²) in [4.78, 5) is 16.1. The third kappa shape index (κ3) is 2.74. The van der Waals surface area contributed by atoms with E-state index in [0.717, 1.165) is 17.5 Å². The van der Waals surface area contributed by atoms with Crippen molar-refractivity contribution in [2.24, 2.45) is 0 Å². The first-order valence-corrected chi connectivity index (χ1v) is 6.01. The van der Waals surface area contributed by atoms with Gasteiger partial charge in [0.25, 0.3) is 0 Å². The molecular formula is C15H16N2O. The van der Waals surface area contributed by atoms with E-state index < -0.39 is 0 Å². The number of Topliss-reactive ketones (excluding diaryl/α,β-unsaturated/α-hetero) is 1. The van der Waals surface area contributed by atoms with Crippen LogP contribution in [-0.4, -0.2) is 10.8 Å². The van der Waals surface area contributed by atoms with Gasteiger partial charge in [-0.05, 0) is 18.1 Å². The van der Waals surface area contributed by atoms with E-state index in [1.54, 1.807) is 18.5 Å². The third-order valence-electron chi connectivity index (χ3n) is 2.98. The molecule has 3 nitrogen and oxygen atoms in total. The summed E-state index contributed by atoms with van der Waals surface area (Å²) in [7, 11) is 0. The fourth-order valence-electron chi connectivity index (χ4n) is 1.79. The molecular weight excluding hydrogens is 224 g/mol. The van der Waals surface area contributed by atoms with Crippen LogP contribution >= 0.6 is 0 Å². The second-order valence-electron chi connectivity index (χ2n) is 4.22. The van der Waals surface area contributed by atoms with Crippen molar-refractivity contribution in [2.45, 2.75) is 19.8 Å². The minimum Gasteiger partial charge on any atom is -0.398 e. The fraction of sp³-hybridized carbons (Fsp3) is 0.200. The highest BCUT2D eigenvalue weighted by Crippen LogP contribution is 2.13. The minimum absolute atomic E-state index is 0.0670. The number of hydrogen-bond acceptors (Lipinski definition) is 3. The van der Waals surface area contributed by atoms with Gasteiger partial charge in [-0.3, -0.25) is 9.78 Å². The summed E-state index contributed by atoms with van der Waals surface area (Å²) < 4.78 is 0. The van der Waals surface area contributed by atoms with Crippen LogP contribution in [0.15, 0.2) is 42.7 Å². The van der Waals surface area contributed by atoms with Gasteiger partial charge in [-0.15, -0.1) is 0 Å². The standard InChI is InChI=1S/C15H16N2O/c1-2-11-3-5-12(6-4-11)15(18)9-13-10-17-8-7-14(13)16/h3-8,10H,2,9H2,1H3,(H2,16,17). The maximum Gasteiger partial charge on any atom is 0.167 e. The van der Waals surface area contributed by atoms with E-state index in [-0.39, 0.29) is 5.78 Å². The molecule has 18 heavy (non-hydrogen) atoms. The molecule has 2 rings (SSSR count). The number of nitrogen functional groups attached to an aromatic ring is 1. The average molecular weight is 240 g/mol. The van der Waals surface area contributed by atoms with E-state index in [0.29, 0.717) is 12.1 Å². The van der Waals surface area contributed by atoms with Crippen molar-refractivity contribution in [1.82, 2.24) is 4.98 Å². The summed E-state index contributed by atoms with van der Waals surface area (Å²) in [5.41, 5.74) is 9.14. The van der Waals surface area contributed by atoms with Gasteiger partial charge in [0, 0.05) is 35.6 Å². The number of ketones is 1. The highest BCUT2D eigenvalue weighted by molar-refractivity contribution is 5.98. The van der Waals surface area contributed by atoms with Crippen LogP contribution in [0.2, 0.25) is 0 Å². The van der Waals surface area contributed by atoms with E-state index >= 15 is 0 Å². The molecule has 2 aromatic rings. The summed E-state index contributed by atoms with van der Waals surface area (Å²) >= 11 is 0. The summed E-state index contributed by atoms with van der Waals surface area (Å²) in [6.45, 7) is 2.09. The lowest BCUT2D eigenvalue weighted by molar-refractivity contribution is 0.0993. The van der Waals surface area contributed by atoms with Crippen LogP contribution in [0.3, 0.4) is 0 Å². The molecule has 0 amide bonds. The van der Waals surface area contributed by atoms with E-state index in [4.69, 9.17) is 5.73 Å². The van der Waals surface area contributed by atoms with Crippen molar-refractivity contribution in [3.63, 3.8) is 0 Å². The van der Waals surface area contributed by atoms with Gasteiger partial charge in [0.1, 0.15) is 0 Å². The predicted molar refractivity (Wildman–Crippen MR) is 72.5 cm³/mol. The van der Waals surface area contributed by atoms with Gasteiger partial charge in [0.2, 0.25) is 0 Å². The van der Waals surface area contributed by atoms with Crippen LogP contribution in [0.1, 0.15) is 28.4 Å². The van der Waals surface area contributed by atoms with Crippen molar-refractivity contribution < 1.29 is 4.79 Å².